The molecule has 160 valence electrons. The monoisotopic (exact) mass is 417 g/mol. The largest absolute Gasteiger partial charge is 0.466 e. The second-order valence-electron chi connectivity index (χ2n) is 7.53. The van der Waals surface area contributed by atoms with Gasteiger partial charge in [0, 0.05) is 44.2 Å². The molecule has 1 atom stereocenters. The summed E-state index contributed by atoms with van der Waals surface area (Å²) in [7, 11) is 0. The summed E-state index contributed by atoms with van der Waals surface area (Å²) in [6, 6.07) is 3.32. The lowest BCUT2D eigenvalue weighted by Crippen LogP contribution is -2.51. The molecule has 0 saturated carbocycles. The average molecular weight is 417 g/mol. The smallest absolute Gasteiger partial charge is 0.314 e. The van der Waals surface area contributed by atoms with Gasteiger partial charge in [0.15, 0.2) is 0 Å². The number of esters is 1. The Morgan fingerprint density at radius 2 is 2.10 bits per heavy atom. The summed E-state index contributed by atoms with van der Waals surface area (Å²) in [6.07, 6.45) is 6.55. The van der Waals surface area contributed by atoms with Crippen molar-refractivity contribution in [2.45, 2.75) is 39.0 Å². The predicted octanol–water partition coefficient (Wildman–Crippen LogP) is 3.10. The molecule has 0 spiro atoms. The second kappa shape index (κ2) is 9.73. The minimum absolute atomic E-state index is 0.0475. The van der Waals surface area contributed by atoms with Crippen LogP contribution in [-0.4, -0.2) is 46.4 Å². The Hall–Kier alpha value is -2.90. The molecule has 0 unspecified atom stereocenters. The number of likely N-dealkylation sites (tertiary alicyclic amines) is 1. The Morgan fingerprint density at radius 3 is 2.80 bits per heavy atom. The molecule has 6 nitrogen and oxygen atoms in total. The van der Waals surface area contributed by atoms with Gasteiger partial charge in [-0.2, -0.15) is 0 Å². The van der Waals surface area contributed by atoms with Gasteiger partial charge in [0.1, 0.15) is 11.6 Å². The van der Waals surface area contributed by atoms with E-state index in [9.17, 15) is 18.4 Å². The first-order valence-electron chi connectivity index (χ1n) is 10.1. The summed E-state index contributed by atoms with van der Waals surface area (Å²) in [4.78, 5) is 35.5. The van der Waals surface area contributed by atoms with Crippen LogP contribution in [-0.2, 0) is 27.2 Å². The predicted molar refractivity (Wildman–Crippen MR) is 105 cm³/mol. The number of rotatable bonds is 7. The zero-order valence-electron chi connectivity index (χ0n) is 16.9. The molecule has 1 fully saturated rings. The van der Waals surface area contributed by atoms with E-state index in [0.29, 0.717) is 31.5 Å². The average Bonchev–Trinajstić information content (AvgIpc) is 2.75. The Balaban J connectivity index is 1.76. The molecule has 1 amide bonds. The molecule has 0 N–H and O–H groups in total. The summed E-state index contributed by atoms with van der Waals surface area (Å²) in [5.74, 6) is -1.94. The lowest BCUT2D eigenvalue weighted by Gasteiger charge is -2.41. The normalized spacial score (nSPS) is 18.8. The maximum absolute atomic E-state index is 14.3. The number of ether oxygens (including phenoxy) is 1. The molecule has 2 aromatic rings. The quantitative estimate of drug-likeness (QED) is 0.648. The van der Waals surface area contributed by atoms with Crippen molar-refractivity contribution in [1.29, 1.82) is 0 Å². The van der Waals surface area contributed by atoms with Crippen LogP contribution in [0.1, 0.15) is 37.4 Å². The number of carbonyl (C=O) groups is 2. The molecule has 0 radical (unpaired) electrons. The Labute approximate surface area is 174 Å². The van der Waals surface area contributed by atoms with Crippen molar-refractivity contribution >= 4 is 11.9 Å². The zero-order valence-corrected chi connectivity index (χ0v) is 16.9. The van der Waals surface area contributed by atoms with Crippen LogP contribution in [0, 0.1) is 17.0 Å². The Bertz CT molecular complexity index is 894. The number of amides is 1. The maximum Gasteiger partial charge on any atom is 0.314 e. The lowest BCUT2D eigenvalue weighted by atomic mass is 9.74. The zero-order chi connectivity index (χ0) is 21.6. The molecule has 0 bridgehead atoms. The molecule has 1 aliphatic rings. The molecule has 1 aromatic carbocycles. The van der Waals surface area contributed by atoms with Crippen LogP contribution in [0.15, 0.2) is 36.8 Å². The van der Waals surface area contributed by atoms with Crippen LogP contribution in [0.5, 0.6) is 0 Å². The van der Waals surface area contributed by atoms with Crippen LogP contribution in [0.25, 0.3) is 0 Å². The first-order chi connectivity index (χ1) is 14.4. The van der Waals surface area contributed by atoms with Gasteiger partial charge in [-0.05, 0) is 44.2 Å². The van der Waals surface area contributed by atoms with Gasteiger partial charge in [-0.3, -0.25) is 19.6 Å². The van der Waals surface area contributed by atoms with Gasteiger partial charge >= 0.3 is 5.97 Å². The van der Waals surface area contributed by atoms with Crippen molar-refractivity contribution in [1.82, 2.24) is 14.9 Å². The summed E-state index contributed by atoms with van der Waals surface area (Å²) in [6.45, 7) is 2.55. The third kappa shape index (κ3) is 5.17. The Morgan fingerprint density at radius 1 is 1.27 bits per heavy atom. The fourth-order valence-electron chi connectivity index (χ4n) is 3.89. The van der Waals surface area contributed by atoms with Gasteiger partial charge in [-0.25, -0.2) is 8.78 Å². The number of benzene rings is 1. The Kier molecular flexibility index (Phi) is 7.07. The molecule has 1 aromatic heterocycles. The molecule has 8 heteroatoms. The van der Waals surface area contributed by atoms with E-state index >= 15 is 0 Å². The molecule has 3 rings (SSSR count). The second-order valence-corrected chi connectivity index (χ2v) is 7.53. The van der Waals surface area contributed by atoms with Crippen LogP contribution in [0.3, 0.4) is 0 Å². The molecule has 1 saturated heterocycles. The number of hydrogen-bond acceptors (Lipinski definition) is 5. The molecule has 2 heterocycles. The first kappa shape index (κ1) is 21.8. The van der Waals surface area contributed by atoms with Crippen LogP contribution >= 0.6 is 0 Å². The third-order valence-electron chi connectivity index (χ3n) is 5.39. The van der Waals surface area contributed by atoms with E-state index in [-0.39, 0.29) is 37.5 Å². The minimum atomic E-state index is -1.06. The third-order valence-corrected chi connectivity index (χ3v) is 5.39. The highest BCUT2D eigenvalue weighted by atomic mass is 19.1. The van der Waals surface area contributed by atoms with Gasteiger partial charge < -0.3 is 9.64 Å². The van der Waals surface area contributed by atoms with Crippen molar-refractivity contribution in [3.8, 4) is 0 Å². The van der Waals surface area contributed by atoms with Gasteiger partial charge in [0.25, 0.3) is 0 Å². The van der Waals surface area contributed by atoms with Crippen LogP contribution < -0.4 is 0 Å². The SMILES string of the molecule is CCOC(=O)[C@@]1(Cc2ccc(F)cc2F)CCCN(C(=O)CCc2cnccn2)C1. The van der Waals surface area contributed by atoms with E-state index in [4.69, 9.17) is 4.74 Å². The summed E-state index contributed by atoms with van der Waals surface area (Å²) in [5.41, 5.74) is -0.110. The molecule has 30 heavy (non-hydrogen) atoms. The minimum Gasteiger partial charge on any atom is -0.466 e. The van der Waals surface area contributed by atoms with Crippen LogP contribution in [0.4, 0.5) is 8.78 Å². The molecule has 0 aliphatic carbocycles. The van der Waals surface area contributed by atoms with E-state index in [0.717, 1.165) is 6.07 Å². The number of aryl methyl sites for hydroxylation is 1. The van der Waals surface area contributed by atoms with Crippen molar-refractivity contribution in [2.75, 3.05) is 19.7 Å². The van der Waals surface area contributed by atoms with Gasteiger partial charge in [0.2, 0.25) is 5.91 Å². The number of piperidine rings is 1. The van der Waals surface area contributed by atoms with Gasteiger partial charge in [-0.15, -0.1) is 0 Å². The highest BCUT2D eigenvalue weighted by molar-refractivity contribution is 5.81. The number of hydrogen-bond donors (Lipinski definition) is 0. The molecular weight excluding hydrogens is 392 g/mol. The van der Waals surface area contributed by atoms with Crippen molar-refractivity contribution in [3.63, 3.8) is 0 Å². The van der Waals surface area contributed by atoms with E-state index in [1.807, 2.05) is 0 Å². The highest BCUT2D eigenvalue weighted by Crippen LogP contribution is 2.36. The molecular formula is C22H25F2N3O3. The van der Waals surface area contributed by atoms with Crippen molar-refractivity contribution in [2.24, 2.45) is 5.41 Å². The fraction of sp³-hybridized carbons (Fsp3) is 0.455. The number of carbonyl (C=O) groups excluding carboxylic acids is 2. The van der Waals surface area contributed by atoms with Gasteiger partial charge in [-0.1, -0.05) is 6.07 Å². The lowest BCUT2D eigenvalue weighted by molar-refractivity contribution is -0.160. The summed E-state index contributed by atoms with van der Waals surface area (Å²) < 4.78 is 32.9. The first-order valence-corrected chi connectivity index (χ1v) is 10.1. The number of aromatic nitrogens is 2. The molecule has 1 aliphatic heterocycles. The fourth-order valence-corrected chi connectivity index (χ4v) is 3.89. The topological polar surface area (TPSA) is 72.4 Å². The standard InChI is InChI=1S/C22H25F2N3O3/c1-2-30-21(29)22(13-16-4-5-17(23)12-19(16)24)8-3-11-27(15-22)20(28)7-6-18-14-25-9-10-26-18/h4-5,9-10,12,14H,2-3,6-8,11,13,15H2,1H3/t22-/m1/s1. The van der Waals surface area contributed by atoms with Crippen molar-refractivity contribution < 1.29 is 23.1 Å². The van der Waals surface area contributed by atoms with E-state index in [1.54, 1.807) is 30.4 Å². The maximum atomic E-state index is 14.3. The van der Waals surface area contributed by atoms with Gasteiger partial charge in [0.05, 0.1) is 17.7 Å². The summed E-state index contributed by atoms with van der Waals surface area (Å²) in [5, 5.41) is 0. The number of halogens is 2. The van der Waals surface area contributed by atoms with Crippen LogP contribution in [0.2, 0.25) is 0 Å². The summed E-state index contributed by atoms with van der Waals surface area (Å²) >= 11 is 0. The van der Waals surface area contributed by atoms with E-state index < -0.39 is 23.0 Å². The van der Waals surface area contributed by atoms with E-state index in [2.05, 4.69) is 9.97 Å². The van der Waals surface area contributed by atoms with E-state index in [1.165, 1.54) is 12.1 Å². The van der Waals surface area contributed by atoms with Crippen molar-refractivity contribution in [3.05, 3.63) is 59.7 Å². The highest BCUT2D eigenvalue weighted by Gasteiger charge is 2.45. The number of nitrogens with zero attached hydrogens (tertiary/aromatic N) is 3.